The highest BCUT2D eigenvalue weighted by atomic mass is 16.5. The maximum atomic E-state index is 5.59. The molecular weight excluding hydrogens is 314 g/mol. The van der Waals surface area contributed by atoms with Gasteiger partial charge in [-0.3, -0.25) is 0 Å². The number of fused-ring (bicyclic) bond motifs is 2. The van der Waals surface area contributed by atoms with Gasteiger partial charge in [0.05, 0.1) is 30.4 Å². The fourth-order valence-corrected chi connectivity index (χ4v) is 3.34. The number of methoxy groups -OCH3 is 1. The van der Waals surface area contributed by atoms with Gasteiger partial charge in [-0.05, 0) is 44.4 Å². The van der Waals surface area contributed by atoms with Crippen molar-refractivity contribution in [2.75, 3.05) is 7.11 Å². The van der Waals surface area contributed by atoms with Crippen molar-refractivity contribution in [1.29, 1.82) is 0 Å². The number of aryl methyl sites for hydroxylation is 2. The van der Waals surface area contributed by atoms with Gasteiger partial charge in [0.1, 0.15) is 0 Å². The van der Waals surface area contributed by atoms with E-state index in [1.807, 2.05) is 23.7 Å². The van der Waals surface area contributed by atoms with Crippen LogP contribution in [0.1, 0.15) is 35.7 Å². The van der Waals surface area contributed by atoms with Gasteiger partial charge < -0.3 is 9.14 Å². The molecule has 0 saturated heterocycles. The molecule has 0 aromatic carbocycles. The Morgan fingerprint density at radius 2 is 1.88 bits per heavy atom. The van der Waals surface area contributed by atoms with Crippen molar-refractivity contribution in [2.45, 2.75) is 32.6 Å². The summed E-state index contributed by atoms with van der Waals surface area (Å²) in [5, 5.41) is 4.73. The van der Waals surface area contributed by atoms with Crippen LogP contribution in [0.4, 0.5) is 0 Å². The Morgan fingerprint density at radius 1 is 1.04 bits per heavy atom. The molecule has 0 unspecified atom stereocenters. The number of aromatic nitrogens is 5. The Bertz CT molecular complexity index is 1120. The Balaban J connectivity index is 1.71. The van der Waals surface area contributed by atoms with Gasteiger partial charge in [0.15, 0.2) is 17.0 Å². The SMILES string of the molecule is COc1cc(-c2cc(C)c3nc(C)cn3n2)cn2cc(C3CC3)nc12. The summed E-state index contributed by atoms with van der Waals surface area (Å²) in [5.74, 6) is 1.38. The van der Waals surface area contributed by atoms with E-state index in [2.05, 4.69) is 34.8 Å². The number of hydrogen-bond donors (Lipinski definition) is 0. The van der Waals surface area contributed by atoms with Crippen LogP contribution in [0.3, 0.4) is 0 Å². The van der Waals surface area contributed by atoms with E-state index in [0.717, 1.165) is 45.3 Å². The maximum Gasteiger partial charge on any atom is 0.179 e. The predicted molar refractivity (Wildman–Crippen MR) is 95.2 cm³/mol. The third-order valence-corrected chi connectivity index (χ3v) is 4.78. The second-order valence-electron chi connectivity index (χ2n) is 6.83. The summed E-state index contributed by atoms with van der Waals surface area (Å²) < 4.78 is 9.50. The zero-order valence-electron chi connectivity index (χ0n) is 14.5. The predicted octanol–water partition coefficient (Wildman–Crippen LogP) is 3.55. The summed E-state index contributed by atoms with van der Waals surface area (Å²) in [6.07, 6.45) is 8.61. The molecule has 1 saturated carbocycles. The Hall–Kier alpha value is -2.89. The molecule has 4 aromatic rings. The van der Waals surface area contributed by atoms with Crippen LogP contribution in [0.25, 0.3) is 22.6 Å². The van der Waals surface area contributed by atoms with E-state index in [9.17, 15) is 0 Å². The molecule has 25 heavy (non-hydrogen) atoms. The molecule has 0 radical (unpaired) electrons. The molecule has 1 aliphatic carbocycles. The Kier molecular flexibility index (Phi) is 2.92. The molecule has 0 amide bonds. The van der Waals surface area contributed by atoms with Gasteiger partial charge in [0.25, 0.3) is 0 Å². The fourth-order valence-electron chi connectivity index (χ4n) is 3.34. The highest BCUT2D eigenvalue weighted by Crippen LogP contribution is 2.40. The van der Waals surface area contributed by atoms with Gasteiger partial charge in [-0.15, -0.1) is 0 Å². The molecule has 6 heteroatoms. The smallest absolute Gasteiger partial charge is 0.179 e. The minimum absolute atomic E-state index is 0.610. The van der Waals surface area contributed by atoms with Crippen LogP contribution in [0.2, 0.25) is 0 Å². The Morgan fingerprint density at radius 3 is 2.64 bits per heavy atom. The summed E-state index contributed by atoms with van der Waals surface area (Å²) in [5.41, 5.74) is 6.87. The van der Waals surface area contributed by atoms with Crippen molar-refractivity contribution >= 4 is 11.3 Å². The van der Waals surface area contributed by atoms with Gasteiger partial charge in [0, 0.05) is 23.9 Å². The molecule has 126 valence electrons. The normalized spacial score (nSPS) is 14.5. The lowest BCUT2D eigenvalue weighted by molar-refractivity contribution is 0.417. The lowest BCUT2D eigenvalue weighted by atomic mass is 10.1. The number of imidazole rings is 2. The van der Waals surface area contributed by atoms with Crippen LogP contribution in [0.5, 0.6) is 5.75 Å². The van der Waals surface area contributed by atoms with E-state index in [0.29, 0.717) is 5.92 Å². The first-order valence-electron chi connectivity index (χ1n) is 8.53. The zero-order chi connectivity index (χ0) is 17.1. The number of ether oxygens (including phenoxy) is 1. The van der Waals surface area contributed by atoms with Crippen molar-refractivity contribution in [2.24, 2.45) is 0 Å². The first-order valence-corrected chi connectivity index (χ1v) is 8.53. The van der Waals surface area contributed by atoms with Gasteiger partial charge >= 0.3 is 0 Å². The van der Waals surface area contributed by atoms with E-state index in [-0.39, 0.29) is 0 Å². The third-order valence-electron chi connectivity index (χ3n) is 4.78. The van der Waals surface area contributed by atoms with Crippen molar-refractivity contribution in [3.8, 4) is 17.0 Å². The molecule has 4 heterocycles. The summed E-state index contributed by atoms with van der Waals surface area (Å²) in [6, 6.07) is 4.08. The molecule has 4 aromatic heterocycles. The molecule has 0 N–H and O–H groups in total. The second kappa shape index (κ2) is 5.05. The number of rotatable bonds is 3. The fraction of sp³-hybridized carbons (Fsp3) is 0.316. The molecule has 0 spiro atoms. The highest BCUT2D eigenvalue weighted by molar-refractivity contribution is 5.69. The van der Waals surface area contributed by atoms with Crippen LogP contribution in [0, 0.1) is 13.8 Å². The van der Waals surface area contributed by atoms with E-state index < -0.39 is 0 Å². The summed E-state index contributed by atoms with van der Waals surface area (Å²) >= 11 is 0. The van der Waals surface area contributed by atoms with Crippen LogP contribution in [0.15, 0.2) is 30.7 Å². The average Bonchev–Trinajstić information content (AvgIpc) is 3.24. The van der Waals surface area contributed by atoms with Crippen molar-refractivity contribution in [3.05, 3.63) is 47.7 Å². The van der Waals surface area contributed by atoms with E-state index in [1.165, 1.54) is 12.8 Å². The number of hydrogen-bond acceptors (Lipinski definition) is 4. The van der Waals surface area contributed by atoms with Crippen molar-refractivity contribution < 1.29 is 4.74 Å². The number of nitrogens with zero attached hydrogens (tertiary/aromatic N) is 5. The van der Waals surface area contributed by atoms with Gasteiger partial charge in [0.2, 0.25) is 0 Å². The Labute approximate surface area is 145 Å². The quantitative estimate of drug-likeness (QED) is 0.575. The summed E-state index contributed by atoms with van der Waals surface area (Å²) in [6.45, 7) is 4.04. The second-order valence-corrected chi connectivity index (χ2v) is 6.83. The molecule has 1 fully saturated rings. The van der Waals surface area contributed by atoms with Crippen LogP contribution in [-0.4, -0.2) is 31.1 Å². The summed E-state index contributed by atoms with van der Waals surface area (Å²) in [7, 11) is 1.69. The van der Waals surface area contributed by atoms with Crippen molar-refractivity contribution in [1.82, 2.24) is 24.0 Å². The highest BCUT2D eigenvalue weighted by Gasteiger charge is 2.27. The van der Waals surface area contributed by atoms with Crippen LogP contribution in [-0.2, 0) is 0 Å². The minimum atomic E-state index is 0.610. The van der Waals surface area contributed by atoms with E-state index in [4.69, 9.17) is 14.8 Å². The lowest BCUT2D eigenvalue weighted by Gasteiger charge is -2.08. The first-order chi connectivity index (χ1) is 12.1. The van der Waals surface area contributed by atoms with Gasteiger partial charge in [-0.25, -0.2) is 14.5 Å². The van der Waals surface area contributed by atoms with Gasteiger partial charge in [-0.2, -0.15) is 5.10 Å². The zero-order valence-corrected chi connectivity index (χ0v) is 14.5. The molecule has 5 rings (SSSR count). The molecular formula is C19H19N5O. The molecule has 0 aliphatic heterocycles. The molecule has 6 nitrogen and oxygen atoms in total. The number of pyridine rings is 1. The average molecular weight is 333 g/mol. The van der Waals surface area contributed by atoms with E-state index >= 15 is 0 Å². The van der Waals surface area contributed by atoms with Crippen molar-refractivity contribution in [3.63, 3.8) is 0 Å². The molecule has 0 atom stereocenters. The van der Waals surface area contributed by atoms with Crippen LogP contribution < -0.4 is 4.74 Å². The lowest BCUT2D eigenvalue weighted by Crippen LogP contribution is -1.98. The monoisotopic (exact) mass is 333 g/mol. The largest absolute Gasteiger partial charge is 0.493 e. The van der Waals surface area contributed by atoms with E-state index in [1.54, 1.807) is 7.11 Å². The topological polar surface area (TPSA) is 56.7 Å². The van der Waals surface area contributed by atoms with Crippen LogP contribution >= 0.6 is 0 Å². The first kappa shape index (κ1) is 14.5. The maximum absolute atomic E-state index is 5.59. The molecule has 0 bridgehead atoms. The van der Waals surface area contributed by atoms with Gasteiger partial charge in [-0.1, -0.05) is 0 Å². The minimum Gasteiger partial charge on any atom is -0.493 e. The third kappa shape index (κ3) is 2.28. The standard InChI is InChI=1S/C19H19N5O/c1-11-6-15(22-24-8-12(2)20-18(11)24)14-7-17(25-3)19-21-16(13-4-5-13)10-23(19)9-14/h6-10,13H,4-5H2,1-3H3. The summed E-state index contributed by atoms with van der Waals surface area (Å²) in [4.78, 5) is 9.27. The molecule has 1 aliphatic rings.